The average molecular weight is 408 g/mol. The molecule has 0 amide bonds. The molecule has 0 saturated heterocycles. The van der Waals surface area contributed by atoms with Gasteiger partial charge in [-0.3, -0.25) is 13.9 Å². The zero-order valence-electron chi connectivity index (χ0n) is 14.1. The van der Waals surface area contributed by atoms with Crippen LogP contribution in [0.25, 0.3) is 11.0 Å². The van der Waals surface area contributed by atoms with Gasteiger partial charge < -0.3 is 14.4 Å². The van der Waals surface area contributed by atoms with Crippen LogP contribution in [0.5, 0.6) is 5.75 Å². The molecule has 0 aliphatic carbocycles. The summed E-state index contributed by atoms with van der Waals surface area (Å²) in [5.74, 6) is 0.666. The molecule has 3 aromatic rings. The van der Waals surface area contributed by atoms with E-state index in [2.05, 4.69) is 15.9 Å². The van der Waals surface area contributed by atoms with Gasteiger partial charge >= 0.3 is 5.69 Å². The lowest BCUT2D eigenvalue weighted by atomic mass is 10.2. The first kappa shape index (κ1) is 17.5. The van der Waals surface area contributed by atoms with Crippen molar-refractivity contribution in [2.45, 2.75) is 13.2 Å². The number of aryl methyl sites for hydroxylation is 2. The van der Waals surface area contributed by atoms with Gasteiger partial charge in [-0.15, -0.1) is 0 Å². The van der Waals surface area contributed by atoms with Gasteiger partial charge in [-0.1, -0.05) is 15.9 Å². The Labute approximate surface area is 151 Å². The summed E-state index contributed by atoms with van der Waals surface area (Å²) >= 11 is 3.37. The first-order valence-corrected chi connectivity index (χ1v) is 8.41. The van der Waals surface area contributed by atoms with E-state index in [4.69, 9.17) is 4.74 Å². The van der Waals surface area contributed by atoms with Gasteiger partial charge in [0.05, 0.1) is 17.7 Å². The second-order valence-electron chi connectivity index (χ2n) is 5.79. The Bertz CT molecular complexity index is 1060. The quantitative estimate of drug-likeness (QED) is 0.708. The van der Waals surface area contributed by atoms with Crippen LogP contribution in [0.3, 0.4) is 0 Å². The first-order valence-electron chi connectivity index (χ1n) is 7.62. The topological polar surface area (TPSA) is 78.4 Å². The Morgan fingerprint density at radius 3 is 2.28 bits per heavy atom. The lowest BCUT2D eigenvalue weighted by Gasteiger charge is -2.10. The van der Waals surface area contributed by atoms with Crippen LogP contribution in [0.4, 0.5) is 0 Å². The van der Waals surface area contributed by atoms with Crippen molar-refractivity contribution in [2.24, 2.45) is 21.1 Å². The van der Waals surface area contributed by atoms with E-state index in [-0.39, 0.29) is 13.2 Å². The molecule has 132 valence electrons. The predicted molar refractivity (Wildman–Crippen MR) is 97.8 cm³/mol. The fourth-order valence-electron chi connectivity index (χ4n) is 3.00. The van der Waals surface area contributed by atoms with E-state index >= 15 is 0 Å². The molecule has 0 radical (unpaired) electrons. The number of benzene rings is 1. The molecule has 0 unspecified atom stereocenters. The Hall–Kier alpha value is -2.32. The van der Waals surface area contributed by atoms with E-state index in [0.29, 0.717) is 28.0 Å². The van der Waals surface area contributed by atoms with Crippen molar-refractivity contribution in [1.82, 2.24) is 13.7 Å². The monoisotopic (exact) mass is 407 g/mol. The van der Waals surface area contributed by atoms with Crippen LogP contribution in [-0.4, -0.2) is 18.8 Å². The highest BCUT2D eigenvalue weighted by molar-refractivity contribution is 9.10. The van der Waals surface area contributed by atoms with Gasteiger partial charge in [0.25, 0.3) is 5.56 Å². The van der Waals surface area contributed by atoms with Gasteiger partial charge in [0.1, 0.15) is 18.0 Å². The van der Waals surface area contributed by atoms with Crippen LogP contribution in [-0.2, 0) is 34.4 Å². The van der Waals surface area contributed by atoms with Gasteiger partial charge in [0.2, 0.25) is 0 Å². The van der Waals surface area contributed by atoms with E-state index in [0.717, 1.165) is 9.04 Å². The van der Waals surface area contributed by atoms with Gasteiger partial charge in [-0.05, 0) is 24.3 Å². The molecule has 0 spiro atoms. The number of aliphatic hydroxyl groups is 1. The third-order valence-corrected chi connectivity index (χ3v) is 4.88. The molecule has 25 heavy (non-hydrogen) atoms. The normalized spacial score (nSPS) is 11.2. The number of fused-ring (bicyclic) bond motifs is 1. The SMILES string of the molecule is Cn1c(=O)c2c(CO)c(COc3ccc(Br)cc3)n(C)c2n(C)c1=O. The van der Waals surface area contributed by atoms with E-state index < -0.39 is 11.2 Å². The highest BCUT2D eigenvalue weighted by Crippen LogP contribution is 2.24. The lowest BCUT2D eigenvalue weighted by molar-refractivity contribution is 0.267. The minimum Gasteiger partial charge on any atom is -0.487 e. The second-order valence-corrected chi connectivity index (χ2v) is 6.71. The number of hydrogen-bond donors (Lipinski definition) is 1. The maximum Gasteiger partial charge on any atom is 0.332 e. The molecule has 2 heterocycles. The van der Waals surface area contributed by atoms with Crippen LogP contribution in [0.15, 0.2) is 38.3 Å². The molecule has 7 nitrogen and oxygen atoms in total. The van der Waals surface area contributed by atoms with Crippen LogP contribution in [0, 0.1) is 0 Å². The maximum atomic E-state index is 12.5. The van der Waals surface area contributed by atoms with Gasteiger partial charge in [0.15, 0.2) is 0 Å². The highest BCUT2D eigenvalue weighted by atomic mass is 79.9. The second kappa shape index (κ2) is 6.53. The first-order chi connectivity index (χ1) is 11.9. The van der Waals surface area contributed by atoms with Crippen LogP contribution in [0.2, 0.25) is 0 Å². The number of nitrogens with zero attached hydrogens (tertiary/aromatic N) is 3. The predicted octanol–water partition coefficient (Wildman–Crippen LogP) is 1.41. The van der Waals surface area contributed by atoms with Crippen LogP contribution < -0.4 is 16.0 Å². The molecule has 0 aliphatic rings. The molecule has 1 N–H and O–H groups in total. The van der Waals surface area contributed by atoms with Gasteiger partial charge in [-0.25, -0.2) is 4.79 Å². The summed E-state index contributed by atoms with van der Waals surface area (Å²) in [5, 5.41) is 10.2. The Kier molecular flexibility index (Phi) is 4.57. The van der Waals surface area contributed by atoms with E-state index in [1.165, 1.54) is 11.6 Å². The third kappa shape index (κ3) is 2.81. The van der Waals surface area contributed by atoms with Crippen molar-refractivity contribution in [1.29, 1.82) is 0 Å². The maximum absolute atomic E-state index is 12.5. The summed E-state index contributed by atoms with van der Waals surface area (Å²) < 4.78 is 10.9. The number of rotatable bonds is 4. The zero-order valence-corrected chi connectivity index (χ0v) is 15.7. The van der Waals surface area contributed by atoms with Crippen molar-refractivity contribution in [2.75, 3.05) is 0 Å². The Morgan fingerprint density at radius 1 is 1.04 bits per heavy atom. The Morgan fingerprint density at radius 2 is 1.68 bits per heavy atom. The summed E-state index contributed by atoms with van der Waals surface area (Å²) in [4.78, 5) is 24.7. The van der Waals surface area contributed by atoms with Crippen molar-refractivity contribution >= 4 is 27.0 Å². The molecule has 1 aromatic carbocycles. The highest BCUT2D eigenvalue weighted by Gasteiger charge is 2.21. The molecule has 3 rings (SSSR count). The molecular formula is C17H18BrN3O4. The Balaban J connectivity index is 2.15. The molecule has 0 aliphatic heterocycles. The van der Waals surface area contributed by atoms with Crippen LogP contribution in [0.1, 0.15) is 11.3 Å². The molecule has 8 heteroatoms. The van der Waals surface area contributed by atoms with E-state index in [1.807, 2.05) is 24.3 Å². The van der Waals surface area contributed by atoms with Crippen molar-refractivity contribution in [3.05, 3.63) is 60.8 Å². The minimum atomic E-state index is -0.423. The summed E-state index contributed by atoms with van der Waals surface area (Å²) in [5.41, 5.74) is 0.756. The zero-order chi connectivity index (χ0) is 18.3. The number of ether oxygens (including phenoxy) is 1. The van der Waals surface area contributed by atoms with Crippen molar-refractivity contribution < 1.29 is 9.84 Å². The standard InChI is InChI=1S/C17H18BrN3O4/c1-19-13(9-25-11-6-4-10(18)5-7-11)12(8-22)14-15(19)20(2)17(24)21(3)16(14)23/h4-7,22H,8-9H2,1-3H3. The average Bonchev–Trinajstić information content (AvgIpc) is 2.89. The van der Waals surface area contributed by atoms with Crippen molar-refractivity contribution in [3.63, 3.8) is 0 Å². The molecule has 0 fully saturated rings. The summed E-state index contributed by atoms with van der Waals surface area (Å²) in [6.45, 7) is -0.149. The van der Waals surface area contributed by atoms with Crippen LogP contribution >= 0.6 is 15.9 Å². The van der Waals surface area contributed by atoms with Crippen molar-refractivity contribution in [3.8, 4) is 5.75 Å². The van der Waals surface area contributed by atoms with Gasteiger partial charge in [0, 0.05) is 31.2 Å². The fourth-order valence-corrected chi connectivity index (χ4v) is 3.27. The van der Waals surface area contributed by atoms with Gasteiger partial charge in [-0.2, -0.15) is 0 Å². The summed E-state index contributed by atoms with van der Waals surface area (Å²) in [7, 11) is 4.78. The minimum absolute atomic E-state index is 0.167. The fraction of sp³-hybridized carbons (Fsp3) is 0.294. The molecule has 0 atom stereocenters. The molecule has 0 bridgehead atoms. The third-order valence-electron chi connectivity index (χ3n) is 4.35. The number of aromatic nitrogens is 3. The molecule has 2 aromatic heterocycles. The largest absolute Gasteiger partial charge is 0.487 e. The van der Waals surface area contributed by atoms with E-state index in [9.17, 15) is 14.7 Å². The number of hydrogen-bond acceptors (Lipinski definition) is 4. The number of aliphatic hydroxyl groups excluding tert-OH is 1. The summed E-state index contributed by atoms with van der Waals surface area (Å²) in [6.07, 6.45) is 0. The smallest absolute Gasteiger partial charge is 0.332 e. The lowest BCUT2D eigenvalue weighted by Crippen LogP contribution is -2.37. The molecule has 0 saturated carbocycles. The summed E-state index contributed by atoms with van der Waals surface area (Å²) in [6, 6.07) is 7.37. The van der Waals surface area contributed by atoms with E-state index in [1.54, 1.807) is 18.7 Å². The number of halogens is 1. The molecular weight excluding hydrogens is 390 g/mol.